The average molecular weight is 327 g/mol. The molecule has 1 aliphatic rings. The lowest BCUT2D eigenvalue weighted by Gasteiger charge is -2.26. The molecule has 9 nitrogen and oxygen atoms in total. The number of thiocarbonyl (C=S) groups is 1. The van der Waals surface area contributed by atoms with Crippen LogP contribution in [0.25, 0.3) is 0 Å². The van der Waals surface area contributed by atoms with Crippen LogP contribution < -0.4 is 10.7 Å². The molecule has 0 amide bonds. The molecule has 0 aliphatic carbocycles. The Morgan fingerprint density at radius 1 is 1.50 bits per heavy atom. The molecule has 0 bridgehead atoms. The molecule has 2 rings (SSSR count). The number of ether oxygens (including phenoxy) is 1. The first-order valence-electron chi connectivity index (χ1n) is 6.76. The van der Waals surface area contributed by atoms with E-state index in [1.807, 2.05) is 0 Å². The molecule has 2 heterocycles. The monoisotopic (exact) mass is 327 g/mol. The summed E-state index contributed by atoms with van der Waals surface area (Å²) < 4.78 is 10.2. The fraction of sp³-hybridized carbons (Fsp3) is 0.500. The Labute approximate surface area is 132 Å². The van der Waals surface area contributed by atoms with Crippen molar-refractivity contribution in [3.8, 4) is 0 Å². The predicted octanol–water partition coefficient (Wildman–Crippen LogP) is 0.318. The molecule has 2 N–H and O–H groups in total. The Morgan fingerprint density at radius 2 is 2.27 bits per heavy atom. The molecule has 1 saturated heterocycles. The highest BCUT2D eigenvalue weighted by Crippen LogP contribution is 2.13. The highest BCUT2D eigenvalue weighted by Gasteiger charge is 2.10. The summed E-state index contributed by atoms with van der Waals surface area (Å²) in [6, 6.07) is 2.72. The Hall–Kier alpha value is -2.04. The van der Waals surface area contributed by atoms with Crippen molar-refractivity contribution < 1.29 is 14.1 Å². The second-order valence-electron chi connectivity index (χ2n) is 4.51. The number of nitrogens with zero attached hydrogens (tertiary/aromatic N) is 3. The first-order valence-corrected chi connectivity index (χ1v) is 7.17. The van der Waals surface area contributed by atoms with Crippen molar-refractivity contribution in [2.45, 2.75) is 0 Å². The fourth-order valence-electron chi connectivity index (χ4n) is 1.86. The van der Waals surface area contributed by atoms with E-state index in [-0.39, 0.29) is 11.6 Å². The van der Waals surface area contributed by atoms with Gasteiger partial charge in [-0.2, -0.15) is 5.10 Å². The van der Waals surface area contributed by atoms with Crippen LogP contribution in [0.5, 0.6) is 0 Å². The van der Waals surface area contributed by atoms with Crippen LogP contribution in [0.2, 0.25) is 0 Å². The summed E-state index contributed by atoms with van der Waals surface area (Å²) >= 11 is 5.07. The van der Waals surface area contributed by atoms with Crippen LogP contribution in [0.15, 0.2) is 21.7 Å². The van der Waals surface area contributed by atoms with Gasteiger partial charge in [-0.25, -0.2) is 0 Å². The lowest BCUT2D eigenvalue weighted by molar-refractivity contribution is -0.402. The van der Waals surface area contributed by atoms with E-state index in [4.69, 9.17) is 21.4 Å². The normalized spacial score (nSPS) is 15.8. The van der Waals surface area contributed by atoms with Crippen molar-refractivity contribution in [3.63, 3.8) is 0 Å². The molecule has 0 atom stereocenters. The van der Waals surface area contributed by atoms with Gasteiger partial charge < -0.3 is 14.5 Å². The van der Waals surface area contributed by atoms with Crippen LogP contribution in [0.3, 0.4) is 0 Å². The smallest absolute Gasteiger partial charge is 0.400 e. The molecule has 0 unspecified atom stereocenters. The molecular formula is C12H17N5O4S. The molecule has 1 aromatic heterocycles. The molecule has 1 aliphatic heterocycles. The average Bonchev–Trinajstić information content (AvgIpc) is 2.97. The largest absolute Gasteiger partial charge is 0.433 e. The molecule has 0 spiro atoms. The summed E-state index contributed by atoms with van der Waals surface area (Å²) in [5, 5.41) is 17.7. The Balaban J connectivity index is 1.63. The highest BCUT2D eigenvalue weighted by atomic mass is 32.1. The molecule has 0 radical (unpaired) electrons. The molecule has 22 heavy (non-hydrogen) atoms. The number of nitrogens with one attached hydrogen (secondary N) is 2. The summed E-state index contributed by atoms with van der Waals surface area (Å²) in [4.78, 5) is 12.1. The number of rotatable bonds is 6. The van der Waals surface area contributed by atoms with Crippen molar-refractivity contribution >= 4 is 29.4 Å². The summed E-state index contributed by atoms with van der Waals surface area (Å²) in [5.74, 6) is -0.0528. The Bertz CT molecular complexity index is 541. The van der Waals surface area contributed by atoms with Gasteiger partial charge in [0.25, 0.3) is 0 Å². The van der Waals surface area contributed by atoms with Crippen LogP contribution in [0, 0.1) is 10.1 Å². The number of morpholine rings is 1. The van der Waals surface area contributed by atoms with Gasteiger partial charge in [0, 0.05) is 26.2 Å². The van der Waals surface area contributed by atoms with Gasteiger partial charge in [0.15, 0.2) is 10.9 Å². The third-order valence-electron chi connectivity index (χ3n) is 2.97. The molecular weight excluding hydrogens is 310 g/mol. The summed E-state index contributed by atoms with van der Waals surface area (Å²) in [7, 11) is 0. The van der Waals surface area contributed by atoms with Crippen LogP contribution in [0.4, 0.5) is 5.88 Å². The van der Waals surface area contributed by atoms with E-state index in [0.29, 0.717) is 11.7 Å². The fourth-order valence-corrected chi connectivity index (χ4v) is 2.01. The van der Waals surface area contributed by atoms with Gasteiger partial charge >= 0.3 is 5.88 Å². The summed E-state index contributed by atoms with van der Waals surface area (Å²) in [6.45, 7) is 4.96. The van der Waals surface area contributed by atoms with Crippen molar-refractivity contribution in [2.75, 3.05) is 39.4 Å². The zero-order valence-corrected chi connectivity index (χ0v) is 12.7. The van der Waals surface area contributed by atoms with Gasteiger partial charge in [-0.1, -0.05) is 0 Å². The third kappa shape index (κ3) is 5.39. The van der Waals surface area contributed by atoms with E-state index in [1.54, 1.807) is 0 Å². The molecule has 0 aromatic carbocycles. The molecule has 0 saturated carbocycles. The Morgan fingerprint density at radius 3 is 2.95 bits per heavy atom. The van der Waals surface area contributed by atoms with Crippen molar-refractivity contribution in [3.05, 3.63) is 28.0 Å². The first-order chi connectivity index (χ1) is 10.6. The topological polar surface area (TPSA) is 105 Å². The summed E-state index contributed by atoms with van der Waals surface area (Å²) in [5.41, 5.74) is 2.62. The number of nitro groups is 1. The van der Waals surface area contributed by atoms with Crippen molar-refractivity contribution in [1.29, 1.82) is 0 Å². The van der Waals surface area contributed by atoms with E-state index >= 15 is 0 Å². The second kappa shape index (κ2) is 8.41. The molecule has 1 fully saturated rings. The first kappa shape index (κ1) is 16.3. The molecule has 1 aromatic rings. The number of furan rings is 1. The quantitative estimate of drug-likeness (QED) is 0.333. The maximum Gasteiger partial charge on any atom is 0.433 e. The number of hydrogen-bond donors (Lipinski definition) is 2. The lowest BCUT2D eigenvalue weighted by Crippen LogP contribution is -2.42. The molecule has 120 valence electrons. The maximum atomic E-state index is 10.5. The van der Waals surface area contributed by atoms with Gasteiger partial charge in [0.05, 0.1) is 25.5 Å². The lowest BCUT2D eigenvalue weighted by atomic mass is 10.4. The maximum absolute atomic E-state index is 10.5. The van der Waals surface area contributed by atoms with E-state index in [0.717, 1.165) is 32.8 Å². The van der Waals surface area contributed by atoms with Crippen LogP contribution >= 0.6 is 12.2 Å². The third-order valence-corrected chi connectivity index (χ3v) is 3.20. The predicted molar refractivity (Wildman–Crippen MR) is 84.0 cm³/mol. The van der Waals surface area contributed by atoms with Gasteiger partial charge in [-0.15, -0.1) is 0 Å². The second-order valence-corrected chi connectivity index (χ2v) is 4.92. The standard InChI is InChI=1S/C12H17N5O4S/c18-17(19)11-2-1-10(21-11)9-14-15-12(22)13-3-4-16-5-7-20-8-6-16/h1-2,9H,3-8H2,(H2,13,15,22)/b14-9-. The van der Waals surface area contributed by atoms with Gasteiger partial charge in [-0.05, 0) is 18.3 Å². The van der Waals surface area contributed by atoms with E-state index in [9.17, 15) is 10.1 Å². The van der Waals surface area contributed by atoms with E-state index in [2.05, 4.69) is 20.7 Å². The van der Waals surface area contributed by atoms with E-state index < -0.39 is 4.92 Å². The molecule has 10 heteroatoms. The van der Waals surface area contributed by atoms with Crippen LogP contribution in [-0.2, 0) is 4.74 Å². The zero-order chi connectivity index (χ0) is 15.8. The van der Waals surface area contributed by atoms with Crippen molar-refractivity contribution in [1.82, 2.24) is 15.6 Å². The number of hydrogen-bond acceptors (Lipinski definition) is 7. The van der Waals surface area contributed by atoms with Gasteiger partial charge in [0.2, 0.25) is 0 Å². The summed E-state index contributed by atoms with van der Waals surface area (Å²) in [6.07, 6.45) is 1.32. The number of hydrazone groups is 1. The van der Waals surface area contributed by atoms with Gasteiger partial charge in [-0.3, -0.25) is 20.4 Å². The van der Waals surface area contributed by atoms with Crippen LogP contribution in [0.1, 0.15) is 5.76 Å². The minimum absolute atomic E-state index is 0.273. The minimum atomic E-state index is -0.609. The van der Waals surface area contributed by atoms with Crippen LogP contribution in [-0.4, -0.2) is 60.5 Å². The Kier molecular flexibility index (Phi) is 6.25. The highest BCUT2D eigenvalue weighted by molar-refractivity contribution is 7.80. The minimum Gasteiger partial charge on any atom is -0.400 e. The SMILES string of the molecule is O=[N+]([O-])c1ccc(/C=N\NC(=S)NCCN2CCOCC2)o1. The van der Waals surface area contributed by atoms with Gasteiger partial charge in [0.1, 0.15) is 4.92 Å². The zero-order valence-electron chi connectivity index (χ0n) is 11.9. The van der Waals surface area contributed by atoms with Crippen molar-refractivity contribution in [2.24, 2.45) is 5.10 Å². The van der Waals surface area contributed by atoms with E-state index in [1.165, 1.54) is 18.3 Å².